The van der Waals surface area contributed by atoms with Gasteiger partial charge in [-0.15, -0.1) is 0 Å². The first-order chi connectivity index (χ1) is 13.0. The number of nitrogens with zero attached hydrogens (tertiary/aromatic N) is 2. The molecule has 3 aromatic rings. The van der Waals surface area contributed by atoms with Gasteiger partial charge in [0.05, 0.1) is 17.1 Å². The molecule has 0 radical (unpaired) electrons. The van der Waals surface area contributed by atoms with Gasteiger partial charge in [-0.1, -0.05) is 30.3 Å². The molecule has 1 N–H and O–H groups in total. The van der Waals surface area contributed by atoms with Crippen LogP contribution >= 0.6 is 0 Å². The number of aryl methyl sites for hydroxylation is 1. The molecule has 1 unspecified atom stereocenters. The highest BCUT2D eigenvalue weighted by molar-refractivity contribution is 6.07. The second kappa shape index (κ2) is 6.83. The molecule has 0 aliphatic carbocycles. The molecule has 1 atom stereocenters. The van der Waals surface area contributed by atoms with E-state index in [0.29, 0.717) is 6.54 Å². The maximum Gasteiger partial charge on any atom is 0.229 e. The standard InChI is InChI=1S/C22H21N3O2/c1-14-6-3-9-18(15(14)2)24-22(27)17-12-20(26)25(13-17)19-10-4-7-16-8-5-11-23-21(16)19/h3-11,17H,12-13H2,1-2H3,(H,24,27). The van der Waals surface area contributed by atoms with Crippen molar-refractivity contribution < 1.29 is 9.59 Å². The number of carbonyl (C=O) groups is 2. The monoisotopic (exact) mass is 359 g/mol. The number of para-hydroxylation sites is 1. The van der Waals surface area contributed by atoms with Gasteiger partial charge in [0.25, 0.3) is 0 Å². The summed E-state index contributed by atoms with van der Waals surface area (Å²) in [6.45, 7) is 4.36. The molecular weight excluding hydrogens is 338 g/mol. The number of amides is 2. The summed E-state index contributed by atoms with van der Waals surface area (Å²) < 4.78 is 0. The Morgan fingerprint density at radius 3 is 2.74 bits per heavy atom. The smallest absolute Gasteiger partial charge is 0.229 e. The van der Waals surface area contributed by atoms with E-state index < -0.39 is 0 Å². The molecule has 0 bridgehead atoms. The van der Waals surface area contributed by atoms with Gasteiger partial charge in [-0.2, -0.15) is 0 Å². The number of carbonyl (C=O) groups excluding carboxylic acids is 2. The Labute approximate surface area is 158 Å². The lowest BCUT2D eigenvalue weighted by atomic mass is 10.1. The minimum absolute atomic E-state index is 0.0470. The number of rotatable bonds is 3. The van der Waals surface area contributed by atoms with Crippen molar-refractivity contribution in [1.82, 2.24) is 4.98 Å². The second-order valence-corrected chi connectivity index (χ2v) is 6.99. The molecule has 136 valence electrons. The third-order valence-corrected chi connectivity index (χ3v) is 5.26. The number of anilines is 2. The van der Waals surface area contributed by atoms with E-state index in [2.05, 4.69) is 10.3 Å². The molecule has 2 heterocycles. The van der Waals surface area contributed by atoms with Gasteiger partial charge in [-0.3, -0.25) is 14.6 Å². The van der Waals surface area contributed by atoms with Crippen molar-refractivity contribution in [1.29, 1.82) is 0 Å². The predicted molar refractivity (Wildman–Crippen MR) is 107 cm³/mol. The van der Waals surface area contributed by atoms with Gasteiger partial charge in [-0.05, 0) is 43.2 Å². The van der Waals surface area contributed by atoms with E-state index in [9.17, 15) is 9.59 Å². The number of pyridine rings is 1. The lowest BCUT2D eigenvalue weighted by Crippen LogP contribution is -2.28. The van der Waals surface area contributed by atoms with E-state index in [1.54, 1.807) is 11.1 Å². The summed E-state index contributed by atoms with van der Waals surface area (Å²) in [5.41, 5.74) is 4.52. The fraction of sp³-hybridized carbons (Fsp3) is 0.227. The average Bonchev–Trinajstić information content (AvgIpc) is 3.06. The van der Waals surface area contributed by atoms with Crippen molar-refractivity contribution in [3.05, 3.63) is 65.9 Å². The van der Waals surface area contributed by atoms with Crippen LogP contribution in [0.3, 0.4) is 0 Å². The van der Waals surface area contributed by atoms with Crippen LogP contribution in [0.5, 0.6) is 0 Å². The molecule has 1 aromatic heterocycles. The summed E-state index contributed by atoms with van der Waals surface area (Å²) >= 11 is 0. The Bertz CT molecular complexity index is 1040. The molecule has 5 nitrogen and oxygen atoms in total. The van der Waals surface area contributed by atoms with Gasteiger partial charge in [0, 0.05) is 30.2 Å². The second-order valence-electron chi connectivity index (χ2n) is 6.99. The summed E-state index contributed by atoms with van der Waals surface area (Å²) in [6.07, 6.45) is 1.93. The number of nitrogens with one attached hydrogen (secondary N) is 1. The largest absolute Gasteiger partial charge is 0.326 e. The molecule has 5 heteroatoms. The average molecular weight is 359 g/mol. The Kier molecular flexibility index (Phi) is 4.36. The maximum absolute atomic E-state index is 12.8. The Morgan fingerprint density at radius 1 is 1.11 bits per heavy atom. The van der Waals surface area contributed by atoms with Crippen LogP contribution in [0, 0.1) is 19.8 Å². The van der Waals surface area contributed by atoms with Crippen LogP contribution in [0.25, 0.3) is 10.9 Å². The van der Waals surface area contributed by atoms with Crippen LogP contribution in [0.4, 0.5) is 11.4 Å². The Hall–Kier alpha value is -3.21. The molecule has 4 rings (SSSR count). The number of aromatic nitrogens is 1. The Morgan fingerprint density at radius 2 is 1.89 bits per heavy atom. The van der Waals surface area contributed by atoms with E-state index in [0.717, 1.165) is 33.4 Å². The molecule has 2 aromatic carbocycles. The van der Waals surface area contributed by atoms with Gasteiger partial charge >= 0.3 is 0 Å². The zero-order valence-corrected chi connectivity index (χ0v) is 15.4. The first kappa shape index (κ1) is 17.2. The van der Waals surface area contributed by atoms with Crippen LogP contribution in [0.1, 0.15) is 17.5 Å². The van der Waals surface area contributed by atoms with Crippen molar-refractivity contribution >= 4 is 34.1 Å². The minimum Gasteiger partial charge on any atom is -0.326 e. The van der Waals surface area contributed by atoms with E-state index >= 15 is 0 Å². The summed E-state index contributed by atoms with van der Waals surface area (Å²) in [5, 5.41) is 3.97. The predicted octanol–water partition coefficient (Wildman–Crippen LogP) is 3.84. The van der Waals surface area contributed by atoms with Gasteiger partial charge in [-0.25, -0.2) is 0 Å². The zero-order valence-electron chi connectivity index (χ0n) is 15.4. The van der Waals surface area contributed by atoms with E-state index in [1.807, 2.05) is 62.4 Å². The minimum atomic E-state index is -0.378. The van der Waals surface area contributed by atoms with Gasteiger partial charge < -0.3 is 10.2 Å². The SMILES string of the molecule is Cc1cccc(NC(=O)C2CC(=O)N(c3cccc4cccnc34)C2)c1C. The first-order valence-corrected chi connectivity index (χ1v) is 9.06. The molecule has 1 aliphatic rings. The summed E-state index contributed by atoms with van der Waals surface area (Å²) in [6, 6.07) is 15.4. The Balaban J connectivity index is 1.57. The zero-order chi connectivity index (χ0) is 19.0. The lowest BCUT2D eigenvalue weighted by molar-refractivity contribution is -0.122. The summed E-state index contributed by atoms with van der Waals surface area (Å²) in [7, 11) is 0. The number of hydrogen-bond acceptors (Lipinski definition) is 3. The van der Waals surface area contributed by atoms with Crippen molar-refractivity contribution in [2.45, 2.75) is 20.3 Å². The van der Waals surface area contributed by atoms with E-state index in [4.69, 9.17) is 0 Å². The van der Waals surface area contributed by atoms with Crippen LogP contribution in [0.2, 0.25) is 0 Å². The highest BCUT2D eigenvalue weighted by atomic mass is 16.2. The number of benzene rings is 2. The third kappa shape index (κ3) is 3.16. The fourth-order valence-electron chi connectivity index (χ4n) is 3.54. The molecule has 0 saturated carbocycles. The maximum atomic E-state index is 12.8. The van der Waals surface area contributed by atoms with Crippen molar-refractivity contribution in [3.8, 4) is 0 Å². The van der Waals surface area contributed by atoms with Gasteiger partial charge in [0.15, 0.2) is 0 Å². The molecule has 1 aliphatic heterocycles. The van der Waals surface area contributed by atoms with Gasteiger partial charge in [0.2, 0.25) is 11.8 Å². The molecule has 2 amide bonds. The molecular formula is C22H21N3O2. The quantitative estimate of drug-likeness (QED) is 0.773. The molecule has 27 heavy (non-hydrogen) atoms. The van der Waals surface area contributed by atoms with Crippen molar-refractivity contribution in [3.63, 3.8) is 0 Å². The van der Waals surface area contributed by atoms with Crippen molar-refractivity contribution in [2.75, 3.05) is 16.8 Å². The van der Waals surface area contributed by atoms with Gasteiger partial charge in [0.1, 0.15) is 0 Å². The van der Waals surface area contributed by atoms with Crippen LogP contribution in [0.15, 0.2) is 54.7 Å². The normalized spacial score (nSPS) is 16.7. The molecule has 1 fully saturated rings. The lowest BCUT2D eigenvalue weighted by Gasteiger charge is -2.18. The fourth-order valence-corrected chi connectivity index (χ4v) is 3.54. The number of fused-ring (bicyclic) bond motifs is 1. The summed E-state index contributed by atoms with van der Waals surface area (Å²) in [4.78, 5) is 31.5. The first-order valence-electron chi connectivity index (χ1n) is 9.06. The third-order valence-electron chi connectivity index (χ3n) is 5.26. The van der Waals surface area contributed by atoms with Crippen LogP contribution in [-0.2, 0) is 9.59 Å². The topological polar surface area (TPSA) is 62.3 Å². The highest BCUT2D eigenvalue weighted by Crippen LogP contribution is 2.31. The van der Waals surface area contributed by atoms with Crippen molar-refractivity contribution in [2.24, 2.45) is 5.92 Å². The van der Waals surface area contributed by atoms with Crippen LogP contribution in [-0.4, -0.2) is 23.3 Å². The molecule has 1 saturated heterocycles. The van der Waals surface area contributed by atoms with E-state index in [-0.39, 0.29) is 24.2 Å². The van der Waals surface area contributed by atoms with Crippen LogP contribution < -0.4 is 10.2 Å². The number of hydrogen-bond donors (Lipinski definition) is 1. The molecule has 0 spiro atoms. The summed E-state index contributed by atoms with van der Waals surface area (Å²) in [5.74, 6) is -0.543. The highest BCUT2D eigenvalue weighted by Gasteiger charge is 2.36. The van der Waals surface area contributed by atoms with E-state index in [1.165, 1.54) is 0 Å².